The minimum Gasteiger partial charge on any atom is -0.374 e. The van der Waals surface area contributed by atoms with Gasteiger partial charge in [-0.2, -0.15) is 18.4 Å². The van der Waals surface area contributed by atoms with Crippen molar-refractivity contribution >= 4 is 21.6 Å². The number of rotatable bonds is 3. The fourth-order valence-electron chi connectivity index (χ4n) is 1.28. The van der Waals surface area contributed by atoms with Crippen molar-refractivity contribution in [2.24, 2.45) is 0 Å². The zero-order chi connectivity index (χ0) is 13.1. The molecule has 0 aliphatic carbocycles. The Balaban J connectivity index is 2.79. The zero-order valence-electron chi connectivity index (χ0n) is 9.05. The molecule has 0 amide bonds. The molecule has 0 atom stereocenters. The summed E-state index contributed by atoms with van der Waals surface area (Å²) in [6.45, 7) is -0.134. The molecule has 0 aliphatic rings. The van der Waals surface area contributed by atoms with E-state index in [4.69, 9.17) is 5.26 Å². The molecule has 2 nitrogen and oxygen atoms in total. The van der Waals surface area contributed by atoms with Gasteiger partial charge in [0.25, 0.3) is 0 Å². The topological polar surface area (TPSA) is 27.0 Å². The van der Waals surface area contributed by atoms with E-state index in [1.807, 2.05) is 6.07 Å². The molecule has 0 N–H and O–H groups in total. The molecule has 1 rings (SSSR count). The van der Waals surface area contributed by atoms with E-state index in [-0.39, 0.29) is 6.54 Å². The SMILES string of the molecule is CN(CCC(F)(F)F)c1cc(Br)cc(C#N)c1. The molecule has 0 fully saturated rings. The van der Waals surface area contributed by atoms with Gasteiger partial charge < -0.3 is 4.90 Å². The van der Waals surface area contributed by atoms with Crippen molar-refractivity contribution in [3.8, 4) is 6.07 Å². The second-order valence-electron chi connectivity index (χ2n) is 3.60. The highest BCUT2D eigenvalue weighted by Crippen LogP contribution is 2.24. The monoisotopic (exact) mass is 306 g/mol. The lowest BCUT2D eigenvalue weighted by Crippen LogP contribution is -2.24. The van der Waals surface area contributed by atoms with Crippen molar-refractivity contribution in [3.05, 3.63) is 28.2 Å². The number of hydrogen-bond acceptors (Lipinski definition) is 2. The standard InChI is InChI=1S/C11H10BrF3N2/c1-17(3-2-11(13,14)15)10-5-8(7-16)4-9(12)6-10/h4-6H,2-3H2,1H3. The molecule has 0 saturated carbocycles. The fraction of sp³-hybridized carbons (Fsp3) is 0.364. The normalized spacial score (nSPS) is 11.1. The Morgan fingerprint density at radius 3 is 2.53 bits per heavy atom. The van der Waals surface area contributed by atoms with Crippen LogP contribution in [0.25, 0.3) is 0 Å². The molecule has 0 bridgehead atoms. The summed E-state index contributed by atoms with van der Waals surface area (Å²) in [6, 6.07) is 6.80. The van der Waals surface area contributed by atoms with Crippen molar-refractivity contribution in [1.82, 2.24) is 0 Å². The number of anilines is 1. The number of alkyl halides is 3. The first-order chi connectivity index (χ1) is 7.81. The molecule has 6 heteroatoms. The Morgan fingerprint density at radius 1 is 1.35 bits per heavy atom. The Labute approximate surface area is 106 Å². The summed E-state index contributed by atoms with van der Waals surface area (Å²) in [7, 11) is 1.56. The van der Waals surface area contributed by atoms with Gasteiger partial charge in [0.1, 0.15) is 0 Å². The van der Waals surface area contributed by atoms with E-state index >= 15 is 0 Å². The van der Waals surface area contributed by atoms with Crippen LogP contribution in [0, 0.1) is 11.3 Å². The maximum absolute atomic E-state index is 12.1. The second kappa shape index (κ2) is 5.41. The number of nitrogens with zero attached hydrogens (tertiary/aromatic N) is 2. The Bertz CT molecular complexity index is 437. The molecule has 17 heavy (non-hydrogen) atoms. The van der Waals surface area contributed by atoms with Crippen LogP contribution in [0.3, 0.4) is 0 Å². The molecule has 1 aromatic carbocycles. The predicted octanol–water partition coefficient (Wildman–Crippen LogP) is 3.71. The third kappa shape index (κ3) is 4.65. The van der Waals surface area contributed by atoms with Crippen molar-refractivity contribution in [3.63, 3.8) is 0 Å². The second-order valence-corrected chi connectivity index (χ2v) is 4.51. The molecule has 0 unspecified atom stereocenters. The number of hydrogen-bond donors (Lipinski definition) is 0. The van der Waals surface area contributed by atoms with Crippen LogP contribution < -0.4 is 4.90 Å². The lowest BCUT2D eigenvalue weighted by molar-refractivity contribution is -0.132. The van der Waals surface area contributed by atoms with Crippen LogP contribution in [0.2, 0.25) is 0 Å². The zero-order valence-corrected chi connectivity index (χ0v) is 10.6. The summed E-state index contributed by atoms with van der Waals surface area (Å²) < 4.78 is 36.9. The predicted molar refractivity (Wildman–Crippen MR) is 62.8 cm³/mol. The van der Waals surface area contributed by atoms with E-state index in [1.165, 1.54) is 4.90 Å². The number of nitriles is 1. The lowest BCUT2D eigenvalue weighted by atomic mass is 10.2. The minimum absolute atomic E-state index is 0.134. The van der Waals surface area contributed by atoms with Gasteiger partial charge in [-0.25, -0.2) is 0 Å². The van der Waals surface area contributed by atoms with Gasteiger partial charge in [-0.3, -0.25) is 0 Å². The van der Waals surface area contributed by atoms with E-state index < -0.39 is 12.6 Å². The van der Waals surface area contributed by atoms with E-state index in [2.05, 4.69) is 15.9 Å². The Morgan fingerprint density at radius 2 is 2.00 bits per heavy atom. The molecular formula is C11H10BrF3N2. The van der Waals surface area contributed by atoms with Crippen LogP contribution in [0.15, 0.2) is 22.7 Å². The van der Waals surface area contributed by atoms with Gasteiger partial charge in [0, 0.05) is 23.8 Å². The minimum atomic E-state index is -4.17. The summed E-state index contributed by atoms with van der Waals surface area (Å²) in [5, 5.41) is 8.76. The van der Waals surface area contributed by atoms with Crippen LogP contribution in [0.1, 0.15) is 12.0 Å². The first-order valence-corrected chi connectivity index (χ1v) is 5.60. The Hall–Kier alpha value is -1.22. The first kappa shape index (κ1) is 13.8. The van der Waals surface area contributed by atoms with E-state index in [1.54, 1.807) is 25.2 Å². The average Bonchev–Trinajstić information content (AvgIpc) is 2.23. The third-order valence-electron chi connectivity index (χ3n) is 2.18. The van der Waals surface area contributed by atoms with E-state index in [0.717, 1.165) is 0 Å². The van der Waals surface area contributed by atoms with Gasteiger partial charge in [0.15, 0.2) is 0 Å². The molecule has 0 radical (unpaired) electrons. The lowest BCUT2D eigenvalue weighted by Gasteiger charge is -2.20. The summed E-state index contributed by atoms with van der Waals surface area (Å²) in [6.07, 6.45) is -5.05. The summed E-state index contributed by atoms with van der Waals surface area (Å²) >= 11 is 3.21. The molecule has 0 aliphatic heterocycles. The summed E-state index contributed by atoms with van der Waals surface area (Å²) in [4.78, 5) is 1.47. The average molecular weight is 307 g/mol. The van der Waals surface area contributed by atoms with Gasteiger partial charge in [-0.1, -0.05) is 15.9 Å². The molecule has 0 aromatic heterocycles. The summed E-state index contributed by atoms with van der Waals surface area (Å²) in [5.41, 5.74) is 0.994. The highest BCUT2D eigenvalue weighted by atomic mass is 79.9. The maximum Gasteiger partial charge on any atom is 0.390 e. The van der Waals surface area contributed by atoms with Gasteiger partial charge >= 0.3 is 6.18 Å². The van der Waals surface area contributed by atoms with Crippen molar-refractivity contribution in [1.29, 1.82) is 5.26 Å². The number of benzene rings is 1. The molecule has 0 heterocycles. The summed E-state index contributed by atoms with van der Waals surface area (Å²) in [5.74, 6) is 0. The molecular weight excluding hydrogens is 297 g/mol. The van der Waals surface area contributed by atoms with Crippen LogP contribution in [-0.2, 0) is 0 Å². The van der Waals surface area contributed by atoms with E-state index in [9.17, 15) is 13.2 Å². The first-order valence-electron chi connectivity index (χ1n) is 4.80. The molecule has 0 saturated heterocycles. The van der Waals surface area contributed by atoms with Gasteiger partial charge in [-0.05, 0) is 18.2 Å². The van der Waals surface area contributed by atoms with Gasteiger partial charge in [0.2, 0.25) is 0 Å². The molecule has 92 valence electrons. The molecule has 1 aromatic rings. The molecule has 0 spiro atoms. The van der Waals surface area contributed by atoms with Crippen LogP contribution in [-0.4, -0.2) is 19.8 Å². The van der Waals surface area contributed by atoms with Crippen LogP contribution >= 0.6 is 15.9 Å². The van der Waals surface area contributed by atoms with E-state index in [0.29, 0.717) is 15.7 Å². The highest BCUT2D eigenvalue weighted by Gasteiger charge is 2.27. The quantitative estimate of drug-likeness (QED) is 0.851. The fourth-order valence-corrected chi connectivity index (χ4v) is 1.76. The number of halogens is 4. The van der Waals surface area contributed by atoms with Crippen LogP contribution in [0.5, 0.6) is 0 Å². The largest absolute Gasteiger partial charge is 0.390 e. The van der Waals surface area contributed by atoms with Crippen LogP contribution in [0.4, 0.5) is 18.9 Å². The Kier molecular flexibility index (Phi) is 4.40. The van der Waals surface area contributed by atoms with Crippen molar-refractivity contribution in [2.75, 3.05) is 18.5 Å². The van der Waals surface area contributed by atoms with Crippen molar-refractivity contribution in [2.45, 2.75) is 12.6 Å². The van der Waals surface area contributed by atoms with Gasteiger partial charge in [0.05, 0.1) is 18.1 Å². The smallest absolute Gasteiger partial charge is 0.374 e. The van der Waals surface area contributed by atoms with Gasteiger partial charge in [-0.15, -0.1) is 0 Å². The maximum atomic E-state index is 12.1. The third-order valence-corrected chi connectivity index (χ3v) is 2.64. The highest BCUT2D eigenvalue weighted by molar-refractivity contribution is 9.10. The van der Waals surface area contributed by atoms with Crippen molar-refractivity contribution < 1.29 is 13.2 Å².